The number of carbonyl (C=O) groups is 1. The number of hydrogen-bond acceptors (Lipinski definition) is 8. The van der Waals surface area contributed by atoms with Gasteiger partial charge in [-0.25, -0.2) is 15.0 Å². The number of hydrogen-bond donors (Lipinski definition) is 2. The molecule has 0 spiro atoms. The second-order valence-corrected chi connectivity index (χ2v) is 9.26. The monoisotopic (exact) mass is 528 g/mol. The predicted octanol–water partition coefficient (Wildman–Crippen LogP) is 2.28. The molecular formula is C30H24N8O2. The maximum Gasteiger partial charge on any atom is 0.267 e. The van der Waals surface area contributed by atoms with Crippen LogP contribution in [0.4, 0.5) is 0 Å². The van der Waals surface area contributed by atoms with Crippen LogP contribution in [0.5, 0.6) is 0 Å². The molecule has 196 valence electrons. The molecule has 0 fully saturated rings. The number of pyridine rings is 1. The molecule has 4 heterocycles. The van der Waals surface area contributed by atoms with Gasteiger partial charge in [-0.1, -0.05) is 36.1 Å². The number of benzene rings is 2. The average molecular weight is 529 g/mol. The molecule has 40 heavy (non-hydrogen) atoms. The molecule has 0 aliphatic carbocycles. The standard InChI is InChI=1S/C30H24N8O2/c1-19(34-29(39)26-27(31)36-24-11-6-16-33-38(24)26)28-35-23-10-5-7-21(13-12-20-14-17-32-18-15-20)25(23)30(40)37(28)22-8-3-2-4-9-22/h2-11,14-19,24,26H,1H3,(H2,31,36)(H,34,39). The van der Waals surface area contributed by atoms with Gasteiger partial charge in [0.05, 0.1) is 22.6 Å². The van der Waals surface area contributed by atoms with E-state index in [1.54, 1.807) is 60.9 Å². The molecule has 2 aromatic carbocycles. The number of rotatable bonds is 4. The highest BCUT2D eigenvalue weighted by atomic mass is 16.2. The zero-order chi connectivity index (χ0) is 27.6. The number of allylic oxidation sites excluding steroid dienone is 1. The van der Waals surface area contributed by atoms with Crippen LogP contribution in [0.3, 0.4) is 0 Å². The Balaban J connectivity index is 1.43. The summed E-state index contributed by atoms with van der Waals surface area (Å²) in [4.78, 5) is 40.8. The van der Waals surface area contributed by atoms with E-state index in [2.05, 4.69) is 32.2 Å². The second-order valence-electron chi connectivity index (χ2n) is 9.26. The van der Waals surface area contributed by atoms with Crippen LogP contribution >= 0.6 is 0 Å². The maximum atomic E-state index is 14.1. The van der Waals surface area contributed by atoms with E-state index in [0.717, 1.165) is 5.56 Å². The molecule has 0 saturated carbocycles. The van der Waals surface area contributed by atoms with E-state index in [-0.39, 0.29) is 11.4 Å². The second kappa shape index (κ2) is 10.3. The van der Waals surface area contributed by atoms with Gasteiger partial charge in [0, 0.05) is 29.7 Å². The lowest BCUT2D eigenvalue weighted by Crippen LogP contribution is -2.51. The molecule has 2 aliphatic heterocycles. The Hall–Kier alpha value is -5.56. The summed E-state index contributed by atoms with van der Waals surface area (Å²) in [5.41, 5.74) is 8.24. The fraction of sp³-hybridized carbons (Fsp3) is 0.133. The minimum Gasteiger partial charge on any atom is -0.385 e. The molecule has 10 nitrogen and oxygen atoms in total. The van der Waals surface area contributed by atoms with Crippen LogP contribution in [0.2, 0.25) is 0 Å². The van der Waals surface area contributed by atoms with Gasteiger partial charge in [-0.3, -0.25) is 19.1 Å². The van der Waals surface area contributed by atoms with Crippen LogP contribution in [0.25, 0.3) is 16.6 Å². The summed E-state index contributed by atoms with van der Waals surface area (Å²) in [6, 6.07) is 16.6. The lowest BCUT2D eigenvalue weighted by molar-refractivity contribution is -0.124. The van der Waals surface area contributed by atoms with Crippen molar-refractivity contribution in [3.63, 3.8) is 0 Å². The first-order valence-corrected chi connectivity index (χ1v) is 12.7. The van der Waals surface area contributed by atoms with Gasteiger partial charge in [0.1, 0.15) is 11.7 Å². The van der Waals surface area contributed by atoms with Gasteiger partial charge in [-0.2, -0.15) is 5.10 Å². The van der Waals surface area contributed by atoms with E-state index >= 15 is 0 Å². The highest BCUT2D eigenvalue weighted by Crippen LogP contribution is 2.23. The molecule has 3 N–H and O–H groups in total. The van der Waals surface area contributed by atoms with Crippen molar-refractivity contribution >= 4 is 28.9 Å². The van der Waals surface area contributed by atoms with Gasteiger partial charge < -0.3 is 11.1 Å². The highest BCUT2D eigenvalue weighted by Gasteiger charge is 2.39. The summed E-state index contributed by atoms with van der Waals surface area (Å²) in [7, 11) is 0. The number of para-hydroxylation sites is 1. The van der Waals surface area contributed by atoms with E-state index in [1.807, 2.05) is 42.5 Å². The predicted molar refractivity (Wildman–Crippen MR) is 153 cm³/mol. The van der Waals surface area contributed by atoms with Crippen LogP contribution in [-0.2, 0) is 4.79 Å². The van der Waals surface area contributed by atoms with Gasteiger partial charge in [0.15, 0.2) is 12.2 Å². The van der Waals surface area contributed by atoms with Crippen LogP contribution in [0.1, 0.15) is 29.9 Å². The Bertz CT molecular complexity index is 1820. The topological polar surface area (TPSA) is 131 Å². The molecule has 0 radical (unpaired) electrons. The zero-order valence-electron chi connectivity index (χ0n) is 21.5. The third-order valence-corrected chi connectivity index (χ3v) is 6.62. The summed E-state index contributed by atoms with van der Waals surface area (Å²) in [6.45, 7) is 1.77. The van der Waals surface area contributed by atoms with Gasteiger partial charge >= 0.3 is 0 Å². The Labute approximate surface area is 229 Å². The van der Waals surface area contributed by atoms with Crippen molar-refractivity contribution in [2.75, 3.05) is 0 Å². The number of nitrogens with one attached hydrogen (secondary N) is 1. The lowest BCUT2D eigenvalue weighted by Gasteiger charge is -2.27. The first-order chi connectivity index (χ1) is 19.5. The van der Waals surface area contributed by atoms with Crippen LogP contribution < -0.4 is 16.6 Å². The minimum absolute atomic E-state index is 0.169. The Morgan fingerprint density at radius 2 is 1.85 bits per heavy atom. The molecule has 1 amide bonds. The number of amides is 1. The maximum absolute atomic E-state index is 14.1. The summed E-state index contributed by atoms with van der Waals surface area (Å²) >= 11 is 0. The highest BCUT2D eigenvalue weighted by molar-refractivity contribution is 6.08. The molecule has 2 aromatic heterocycles. The van der Waals surface area contributed by atoms with Crippen LogP contribution in [0, 0.1) is 11.8 Å². The molecule has 0 bridgehead atoms. The number of carbonyl (C=O) groups excluding carboxylic acids is 1. The van der Waals surface area contributed by atoms with Crippen molar-refractivity contribution < 1.29 is 4.79 Å². The largest absolute Gasteiger partial charge is 0.385 e. The molecule has 6 rings (SSSR count). The third kappa shape index (κ3) is 4.50. The molecule has 3 atom stereocenters. The quantitative estimate of drug-likeness (QED) is 0.391. The zero-order valence-corrected chi connectivity index (χ0v) is 21.5. The van der Waals surface area contributed by atoms with Gasteiger partial charge in [-0.05, 0) is 55.5 Å². The fourth-order valence-corrected chi connectivity index (χ4v) is 4.76. The van der Waals surface area contributed by atoms with Crippen molar-refractivity contribution in [1.29, 1.82) is 0 Å². The number of nitrogens with zero attached hydrogens (tertiary/aromatic N) is 6. The number of amidine groups is 1. The lowest BCUT2D eigenvalue weighted by atomic mass is 10.1. The average Bonchev–Trinajstić information content (AvgIpc) is 3.32. The first-order valence-electron chi connectivity index (χ1n) is 12.7. The van der Waals surface area contributed by atoms with E-state index in [9.17, 15) is 9.59 Å². The number of nitrogens with two attached hydrogens (primary N) is 1. The number of aliphatic imine (C=N–C) groups is 1. The molecule has 0 saturated heterocycles. The third-order valence-electron chi connectivity index (χ3n) is 6.62. The van der Waals surface area contributed by atoms with Crippen molar-refractivity contribution in [3.8, 4) is 17.5 Å². The van der Waals surface area contributed by atoms with Crippen molar-refractivity contribution in [2.24, 2.45) is 15.8 Å². The number of fused-ring (bicyclic) bond motifs is 2. The van der Waals surface area contributed by atoms with E-state index in [4.69, 9.17) is 10.7 Å². The van der Waals surface area contributed by atoms with Gasteiger partial charge in [0.25, 0.3) is 11.5 Å². The molecule has 3 unspecified atom stereocenters. The molecule has 2 aliphatic rings. The van der Waals surface area contributed by atoms with Crippen LogP contribution in [-0.4, -0.2) is 49.7 Å². The van der Waals surface area contributed by atoms with Crippen molar-refractivity contribution in [3.05, 3.63) is 113 Å². The number of hydrazone groups is 1. The van der Waals surface area contributed by atoms with Crippen molar-refractivity contribution in [1.82, 2.24) is 24.9 Å². The summed E-state index contributed by atoms with van der Waals surface area (Å²) in [5, 5.41) is 9.18. The normalized spacial score (nSPS) is 18.0. The first kappa shape index (κ1) is 24.8. The Morgan fingerprint density at radius 3 is 2.65 bits per heavy atom. The molecular weight excluding hydrogens is 504 g/mol. The van der Waals surface area contributed by atoms with Crippen LogP contribution in [0.15, 0.2) is 100 Å². The fourth-order valence-electron chi connectivity index (χ4n) is 4.76. The van der Waals surface area contributed by atoms with E-state index < -0.39 is 24.2 Å². The molecule has 10 heteroatoms. The van der Waals surface area contributed by atoms with Gasteiger partial charge in [-0.15, -0.1) is 0 Å². The van der Waals surface area contributed by atoms with Crippen molar-refractivity contribution in [2.45, 2.75) is 25.2 Å². The summed E-state index contributed by atoms with van der Waals surface area (Å²) < 4.78 is 1.52. The van der Waals surface area contributed by atoms with Gasteiger partial charge in [0.2, 0.25) is 0 Å². The Morgan fingerprint density at radius 1 is 1.05 bits per heavy atom. The smallest absolute Gasteiger partial charge is 0.267 e. The summed E-state index contributed by atoms with van der Waals surface area (Å²) in [6.07, 6.45) is 8.06. The minimum atomic E-state index is -0.874. The summed E-state index contributed by atoms with van der Waals surface area (Å²) in [5.74, 6) is 6.35. The SMILES string of the molecule is CC(NC(=O)C1C(N)=NC2C=CC=NN21)c1nc2cccc(C#Cc3ccncc3)c2c(=O)n1-c1ccccc1. The Kier molecular flexibility index (Phi) is 6.38. The van der Waals surface area contributed by atoms with E-state index in [0.29, 0.717) is 28.0 Å². The van der Waals surface area contributed by atoms with E-state index in [1.165, 1.54) is 4.57 Å². The number of aromatic nitrogens is 3. The molecule has 4 aromatic rings.